The summed E-state index contributed by atoms with van der Waals surface area (Å²) in [6.07, 6.45) is 3.46. The summed E-state index contributed by atoms with van der Waals surface area (Å²) in [4.78, 5) is 10.6. The maximum Gasteiger partial charge on any atom is 0.151 e. The second-order valence-electron chi connectivity index (χ2n) is 3.12. The van der Waals surface area contributed by atoms with Crippen LogP contribution in [0.25, 0.3) is 0 Å². The minimum Gasteiger partial charge on any atom is -0.490 e. The molecular weight excluding hydrogens is 232 g/mol. The molecule has 3 heteroatoms. The van der Waals surface area contributed by atoms with Gasteiger partial charge in [0.2, 0.25) is 0 Å². The van der Waals surface area contributed by atoms with Crippen LogP contribution in [0.3, 0.4) is 0 Å². The molecule has 0 aromatic heterocycles. The SMILES string of the molecule is O=Cc1cc(OC2CC2)ccc1Br. The van der Waals surface area contributed by atoms with E-state index in [4.69, 9.17) is 4.74 Å². The van der Waals surface area contributed by atoms with E-state index in [1.807, 2.05) is 12.1 Å². The molecule has 13 heavy (non-hydrogen) atoms. The van der Waals surface area contributed by atoms with Crippen LogP contribution in [-0.2, 0) is 0 Å². The highest BCUT2D eigenvalue weighted by Crippen LogP contribution is 2.28. The van der Waals surface area contributed by atoms with Crippen molar-refractivity contribution in [2.24, 2.45) is 0 Å². The van der Waals surface area contributed by atoms with Crippen molar-refractivity contribution < 1.29 is 9.53 Å². The molecule has 0 amide bonds. The Bertz CT molecular complexity index is 332. The molecule has 68 valence electrons. The summed E-state index contributed by atoms with van der Waals surface area (Å²) in [5, 5.41) is 0. The number of hydrogen-bond donors (Lipinski definition) is 0. The third-order valence-corrected chi connectivity index (χ3v) is 2.64. The Hall–Kier alpha value is -0.830. The molecule has 0 N–H and O–H groups in total. The molecule has 0 atom stereocenters. The van der Waals surface area contributed by atoms with Gasteiger partial charge in [-0.25, -0.2) is 0 Å². The predicted molar refractivity (Wildman–Crippen MR) is 53.2 cm³/mol. The Morgan fingerprint density at radius 3 is 2.85 bits per heavy atom. The van der Waals surface area contributed by atoms with Gasteiger partial charge in [0.05, 0.1) is 6.10 Å². The topological polar surface area (TPSA) is 26.3 Å². The molecular formula is C10H9BrO2. The van der Waals surface area contributed by atoms with Crippen LogP contribution >= 0.6 is 15.9 Å². The van der Waals surface area contributed by atoms with Gasteiger partial charge in [-0.2, -0.15) is 0 Å². The van der Waals surface area contributed by atoms with Gasteiger partial charge in [-0.3, -0.25) is 4.79 Å². The first-order chi connectivity index (χ1) is 6.29. The van der Waals surface area contributed by atoms with E-state index < -0.39 is 0 Å². The molecule has 0 radical (unpaired) electrons. The van der Waals surface area contributed by atoms with Crippen LogP contribution in [0, 0.1) is 0 Å². The Kier molecular flexibility index (Phi) is 2.36. The number of hydrogen-bond acceptors (Lipinski definition) is 2. The van der Waals surface area contributed by atoms with E-state index in [1.54, 1.807) is 6.07 Å². The van der Waals surface area contributed by atoms with E-state index in [0.717, 1.165) is 29.4 Å². The van der Waals surface area contributed by atoms with Crippen molar-refractivity contribution in [1.82, 2.24) is 0 Å². The fourth-order valence-electron chi connectivity index (χ4n) is 1.06. The lowest BCUT2D eigenvalue weighted by Crippen LogP contribution is -1.96. The molecule has 1 aliphatic rings. The molecule has 2 rings (SSSR count). The van der Waals surface area contributed by atoms with E-state index in [1.165, 1.54) is 0 Å². The molecule has 0 unspecified atom stereocenters. The second-order valence-corrected chi connectivity index (χ2v) is 3.97. The summed E-state index contributed by atoms with van der Waals surface area (Å²) in [5.74, 6) is 0.785. The first-order valence-electron chi connectivity index (χ1n) is 4.21. The van der Waals surface area contributed by atoms with Gasteiger partial charge in [0.15, 0.2) is 6.29 Å². The summed E-state index contributed by atoms with van der Waals surface area (Å²) < 4.78 is 6.35. The zero-order valence-electron chi connectivity index (χ0n) is 7.00. The third kappa shape index (κ3) is 2.10. The Balaban J connectivity index is 2.20. The van der Waals surface area contributed by atoms with Gasteiger partial charge in [-0.05, 0) is 31.0 Å². The number of carbonyl (C=O) groups is 1. The van der Waals surface area contributed by atoms with E-state index >= 15 is 0 Å². The zero-order chi connectivity index (χ0) is 9.26. The predicted octanol–water partition coefficient (Wildman–Crippen LogP) is 2.80. The quantitative estimate of drug-likeness (QED) is 0.760. The van der Waals surface area contributed by atoms with E-state index in [9.17, 15) is 4.79 Å². The van der Waals surface area contributed by atoms with Crippen molar-refractivity contribution >= 4 is 22.2 Å². The third-order valence-electron chi connectivity index (χ3n) is 1.92. The molecule has 1 fully saturated rings. The maximum absolute atomic E-state index is 10.6. The molecule has 0 bridgehead atoms. The van der Waals surface area contributed by atoms with Crippen molar-refractivity contribution in [3.8, 4) is 5.75 Å². The van der Waals surface area contributed by atoms with Crippen LogP contribution in [0.4, 0.5) is 0 Å². The molecule has 1 saturated carbocycles. The van der Waals surface area contributed by atoms with Crippen molar-refractivity contribution in [1.29, 1.82) is 0 Å². The van der Waals surface area contributed by atoms with Crippen molar-refractivity contribution in [3.63, 3.8) is 0 Å². The number of benzene rings is 1. The van der Waals surface area contributed by atoms with Crippen LogP contribution in [0.5, 0.6) is 5.75 Å². The van der Waals surface area contributed by atoms with Gasteiger partial charge < -0.3 is 4.74 Å². The van der Waals surface area contributed by atoms with Crippen molar-refractivity contribution in [3.05, 3.63) is 28.2 Å². The monoisotopic (exact) mass is 240 g/mol. The van der Waals surface area contributed by atoms with Gasteiger partial charge in [0.1, 0.15) is 5.75 Å². The van der Waals surface area contributed by atoms with Gasteiger partial charge in [-0.1, -0.05) is 15.9 Å². The average Bonchev–Trinajstić information content (AvgIpc) is 2.92. The smallest absolute Gasteiger partial charge is 0.151 e. The van der Waals surface area contributed by atoms with Crippen LogP contribution in [-0.4, -0.2) is 12.4 Å². The van der Waals surface area contributed by atoms with Gasteiger partial charge in [0, 0.05) is 10.0 Å². The minimum absolute atomic E-state index is 0.376. The van der Waals surface area contributed by atoms with Crippen LogP contribution < -0.4 is 4.74 Å². The normalized spacial score (nSPS) is 15.5. The molecule has 0 spiro atoms. The number of aldehydes is 1. The summed E-state index contributed by atoms with van der Waals surface area (Å²) in [6, 6.07) is 5.46. The number of ether oxygens (including phenoxy) is 1. The Labute approximate surface area is 85.0 Å². The lowest BCUT2D eigenvalue weighted by Gasteiger charge is -2.05. The minimum atomic E-state index is 0.376. The fourth-order valence-corrected chi connectivity index (χ4v) is 1.40. The lowest BCUT2D eigenvalue weighted by molar-refractivity contribution is 0.112. The Morgan fingerprint density at radius 2 is 2.23 bits per heavy atom. The van der Waals surface area contributed by atoms with Gasteiger partial charge >= 0.3 is 0 Å². The van der Waals surface area contributed by atoms with Crippen molar-refractivity contribution in [2.75, 3.05) is 0 Å². The first kappa shape index (κ1) is 8.75. The zero-order valence-corrected chi connectivity index (χ0v) is 8.58. The summed E-state index contributed by atoms with van der Waals surface area (Å²) >= 11 is 3.29. The molecule has 1 aromatic rings. The molecule has 1 aliphatic carbocycles. The molecule has 0 saturated heterocycles. The maximum atomic E-state index is 10.6. The largest absolute Gasteiger partial charge is 0.490 e. The highest BCUT2D eigenvalue weighted by molar-refractivity contribution is 9.10. The van der Waals surface area contributed by atoms with Crippen LogP contribution in [0.15, 0.2) is 22.7 Å². The number of rotatable bonds is 3. The highest BCUT2D eigenvalue weighted by atomic mass is 79.9. The highest BCUT2D eigenvalue weighted by Gasteiger charge is 2.23. The van der Waals surface area contributed by atoms with Crippen molar-refractivity contribution in [2.45, 2.75) is 18.9 Å². The van der Waals surface area contributed by atoms with E-state index in [-0.39, 0.29) is 0 Å². The second kappa shape index (κ2) is 3.50. The lowest BCUT2D eigenvalue weighted by atomic mass is 10.2. The van der Waals surface area contributed by atoms with Gasteiger partial charge in [0.25, 0.3) is 0 Å². The summed E-state index contributed by atoms with van der Waals surface area (Å²) in [7, 11) is 0. The van der Waals surface area contributed by atoms with E-state index in [2.05, 4.69) is 15.9 Å². The van der Waals surface area contributed by atoms with E-state index in [0.29, 0.717) is 11.7 Å². The standard InChI is InChI=1S/C10H9BrO2/c11-10-4-3-9(5-7(10)6-12)13-8-1-2-8/h3-6,8H,1-2H2. The summed E-state index contributed by atoms with van der Waals surface area (Å²) in [5.41, 5.74) is 0.637. The Morgan fingerprint density at radius 1 is 1.46 bits per heavy atom. The van der Waals surface area contributed by atoms with Gasteiger partial charge in [-0.15, -0.1) is 0 Å². The van der Waals surface area contributed by atoms with Crippen LogP contribution in [0.1, 0.15) is 23.2 Å². The van der Waals surface area contributed by atoms with Crippen LogP contribution in [0.2, 0.25) is 0 Å². The molecule has 0 heterocycles. The summed E-state index contributed by atoms with van der Waals surface area (Å²) in [6.45, 7) is 0. The number of carbonyl (C=O) groups excluding carboxylic acids is 1. The average molecular weight is 241 g/mol. The first-order valence-corrected chi connectivity index (χ1v) is 5.00. The molecule has 0 aliphatic heterocycles. The fraction of sp³-hybridized carbons (Fsp3) is 0.300. The molecule has 1 aromatic carbocycles. The molecule has 2 nitrogen and oxygen atoms in total. The number of halogens is 1.